The van der Waals surface area contributed by atoms with Gasteiger partial charge in [-0.25, -0.2) is 4.79 Å². The smallest absolute Gasteiger partial charge is 0.343 e. The van der Waals surface area contributed by atoms with Crippen LogP contribution >= 0.6 is 11.8 Å². The Balaban J connectivity index is 1.59. The molecule has 8 nitrogen and oxygen atoms in total. The highest BCUT2D eigenvalue weighted by Gasteiger charge is 2.36. The van der Waals surface area contributed by atoms with E-state index in [-0.39, 0.29) is 18.1 Å². The minimum atomic E-state index is -0.527. The van der Waals surface area contributed by atoms with Crippen LogP contribution in [0.25, 0.3) is 6.08 Å². The van der Waals surface area contributed by atoms with Crippen LogP contribution < -0.4 is 10.1 Å². The van der Waals surface area contributed by atoms with E-state index in [9.17, 15) is 19.2 Å². The Kier molecular flexibility index (Phi) is 7.89. The minimum absolute atomic E-state index is 0.210. The molecule has 0 unspecified atom stereocenters. The van der Waals surface area contributed by atoms with E-state index in [0.717, 1.165) is 22.2 Å². The van der Waals surface area contributed by atoms with Crippen molar-refractivity contribution in [1.29, 1.82) is 0 Å². The summed E-state index contributed by atoms with van der Waals surface area (Å²) in [5.74, 6) is -0.641. The Labute approximate surface area is 195 Å². The van der Waals surface area contributed by atoms with Gasteiger partial charge < -0.3 is 14.8 Å². The van der Waals surface area contributed by atoms with Crippen molar-refractivity contribution >= 4 is 46.5 Å². The van der Waals surface area contributed by atoms with E-state index in [0.29, 0.717) is 22.9 Å². The molecule has 9 heteroatoms. The van der Waals surface area contributed by atoms with Crippen molar-refractivity contribution in [1.82, 2.24) is 4.90 Å². The summed E-state index contributed by atoms with van der Waals surface area (Å²) < 4.78 is 9.79. The van der Waals surface area contributed by atoms with Gasteiger partial charge in [-0.05, 0) is 59.1 Å². The molecule has 3 rings (SSSR count). The lowest BCUT2D eigenvalue weighted by molar-refractivity contribution is -0.142. The number of nitrogens with one attached hydrogen (secondary N) is 1. The molecule has 0 aromatic heterocycles. The van der Waals surface area contributed by atoms with E-state index in [1.165, 1.54) is 7.11 Å². The lowest BCUT2D eigenvalue weighted by atomic mass is 10.0. The molecule has 172 valence electrons. The second-order valence-electron chi connectivity index (χ2n) is 7.53. The van der Waals surface area contributed by atoms with Crippen LogP contribution in [0.2, 0.25) is 0 Å². The van der Waals surface area contributed by atoms with E-state index >= 15 is 0 Å². The Morgan fingerprint density at radius 2 is 1.73 bits per heavy atom. The first-order chi connectivity index (χ1) is 15.8. The molecular weight excluding hydrogens is 444 g/mol. The molecule has 0 aliphatic carbocycles. The normalized spacial score (nSPS) is 14.7. The van der Waals surface area contributed by atoms with Crippen molar-refractivity contribution in [3.63, 3.8) is 0 Å². The lowest BCUT2D eigenvalue weighted by Crippen LogP contribution is -2.36. The summed E-state index contributed by atoms with van der Waals surface area (Å²) in [5, 5.41) is 2.21. The van der Waals surface area contributed by atoms with Crippen LogP contribution in [0.3, 0.4) is 0 Å². The van der Waals surface area contributed by atoms with E-state index in [1.807, 2.05) is 12.1 Å². The van der Waals surface area contributed by atoms with Crippen LogP contribution in [0.5, 0.6) is 5.75 Å². The largest absolute Gasteiger partial charge is 0.482 e. The number of carbonyl (C=O) groups excluding carboxylic acids is 4. The second-order valence-corrected chi connectivity index (χ2v) is 8.52. The second kappa shape index (κ2) is 10.8. The molecule has 3 amide bonds. The molecule has 1 saturated heterocycles. The van der Waals surface area contributed by atoms with E-state index in [4.69, 9.17) is 4.74 Å². The maximum Gasteiger partial charge on any atom is 0.343 e. The zero-order valence-electron chi connectivity index (χ0n) is 18.5. The molecule has 1 aliphatic heterocycles. The topological polar surface area (TPSA) is 102 Å². The molecule has 2 aromatic rings. The van der Waals surface area contributed by atoms with Crippen LogP contribution in [0.1, 0.15) is 30.9 Å². The van der Waals surface area contributed by atoms with Crippen molar-refractivity contribution in [2.45, 2.75) is 19.8 Å². The van der Waals surface area contributed by atoms with Gasteiger partial charge in [0.2, 0.25) is 5.91 Å². The number of methoxy groups -OCH3 is 1. The van der Waals surface area contributed by atoms with Crippen LogP contribution in [0, 0.1) is 0 Å². The molecule has 1 fully saturated rings. The van der Waals surface area contributed by atoms with Gasteiger partial charge >= 0.3 is 5.97 Å². The van der Waals surface area contributed by atoms with Gasteiger partial charge in [-0.2, -0.15) is 0 Å². The first-order valence-corrected chi connectivity index (χ1v) is 11.0. The molecule has 1 N–H and O–H groups in total. The standard InChI is InChI=1S/C24H24N2O6S/c1-15(2)17-6-8-18(9-7-17)25-21(27)13-26-23(29)20(33-24(26)30)12-16-4-10-19(11-5-16)32-14-22(28)31-3/h4-12,15H,13-14H2,1-3H3,(H,25,27)/b20-12-. The molecule has 0 atom stereocenters. The summed E-state index contributed by atoms with van der Waals surface area (Å²) >= 11 is 0.778. The predicted octanol–water partition coefficient (Wildman–Crippen LogP) is 4.04. The Hall–Kier alpha value is -3.59. The highest BCUT2D eigenvalue weighted by molar-refractivity contribution is 8.18. The third kappa shape index (κ3) is 6.45. The van der Waals surface area contributed by atoms with Crippen molar-refractivity contribution < 1.29 is 28.7 Å². The van der Waals surface area contributed by atoms with Crippen molar-refractivity contribution in [3.8, 4) is 5.75 Å². The predicted molar refractivity (Wildman–Crippen MR) is 126 cm³/mol. The molecule has 1 heterocycles. The summed E-state index contributed by atoms with van der Waals surface area (Å²) in [6, 6.07) is 14.1. The number of esters is 1. The Bertz CT molecular complexity index is 1080. The van der Waals surface area contributed by atoms with E-state index in [2.05, 4.69) is 23.9 Å². The van der Waals surface area contributed by atoms with Crippen molar-refractivity contribution in [2.24, 2.45) is 0 Å². The Morgan fingerprint density at radius 1 is 1.06 bits per heavy atom. The highest BCUT2D eigenvalue weighted by atomic mass is 32.2. The van der Waals surface area contributed by atoms with E-state index < -0.39 is 23.0 Å². The molecular formula is C24H24N2O6S. The number of nitrogens with zero attached hydrogens (tertiary/aromatic N) is 1. The van der Waals surface area contributed by atoms with Gasteiger partial charge in [-0.15, -0.1) is 0 Å². The van der Waals surface area contributed by atoms with Gasteiger partial charge in [-0.3, -0.25) is 19.3 Å². The summed E-state index contributed by atoms with van der Waals surface area (Å²) in [4.78, 5) is 49.6. The number of anilines is 1. The van der Waals surface area contributed by atoms with Gasteiger partial charge in [0.25, 0.3) is 11.1 Å². The van der Waals surface area contributed by atoms with Crippen LogP contribution in [0.4, 0.5) is 10.5 Å². The fourth-order valence-electron chi connectivity index (χ4n) is 2.94. The van der Waals surface area contributed by atoms with Crippen LogP contribution in [0.15, 0.2) is 53.4 Å². The van der Waals surface area contributed by atoms with E-state index in [1.54, 1.807) is 42.5 Å². The fraction of sp³-hybridized carbons (Fsp3) is 0.250. The molecule has 0 bridgehead atoms. The molecule has 2 aromatic carbocycles. The van der Waals surface area contributed by atoms with Gasteiger partial charge in [0, 0.05) is 5.69 Å². The number of carbonyl (C=O) groups is 4. The van der Waals surface area contributed by atoms with Crippen molar-refractivity contribution in [3.05, 3.63) is 64.6 Å². The number of imide groups is 1. The van der Waals surface area contributed by atoms with Gasteiger partial charge in [0.05, 0.1) is 12.0 Å². The number of hydrogen-bond acceptors (Lipinski definition) is 7. The number of ether oxygens (including phenoxy) is 2. The quantitative estimate of drug-likeness (QED) is 0.461. The van der Waals surface area contributed by atoms with Gasteiger partial charge in [0.1, 0.15) is 12.3 Å². The summed E-state index contributed by atoms with van der Waals surface area (Å²) in [6.45, 7) is 3.58. The van der Waals surface area contributed by atoms with Crippen LogP contribution in [-0.4, -0.2) is 48.2 Å². The fourth-order valence-corrected chi connectivity index (χ4v) is 3.78. The molecule has 0 saturated carbocycles. The van der Waals surface area contributed by atoms with Crippen molar-refractivity contribution in [2.75, 3.05) is 25.6 Å². The monoisotopic (exact) mass is 468 g/mol. The minimum Gasteiger partial charge on any atom is -0.482 e. The average Bonchev–Trinajstić information content (AvgIpc) is 3.05. The zero-order valence-corrected chi connectivity index (χ0v) is 19.3. The number of hydrogen-bond donors (Lipinski definition) is 1. The summed E-state index contributed by atoms with van der Waals surface area (Å²) in [6.07, 6.45) is 1.57. The summed E-state index contributed by atoms with van der Waals surface area (Å²) in [7, 11) is 1.27. The third-order valence-corrected chi connectivity index (χ3v) is 5.71. The summed E-state index contributed by atoms with van der Waals surface area (Å²) in [5.41, 5.74) is 2.41. The number of benzene rings is 2. The number of rotatable bonds is 8. The maximum atomic E-state index is 12.7. The number of thioether (sulfide) groups is 1. The molecule has 33 heavy (non-hydrogen) atoms. The molecule has 0 spiro atoms. The first kappa shape index (κ1) is 24.1. The number of amides is 3. The Morgan fingerprint density at radius 3 is 2.33 bits per heavy atom. The SMILES string of the molecule is COC(=O)COc1ccc(/C=C2\SC(=O)N(CC(=O)Nc3ccc(C(C)C)cc3)C2=O)cc1. The van der Waals surface area contributed by atoms with Crippen LogP contribution in [-0.2, 0) is 19.1 Å². The first-order valence-electron chi connectivity index (χ1n) is 10.2. The zero-order chi connectivity index (χ0) is 24.0. The van der Waals surface area contributed by atoms with Gasteiger partial charge in [0.15, 0.2) is 6.61 Å². The molecule has 1 aliphatic rings. The maximum absolute atomic E-state index is 12.7. The average molecular weight is 469 g/mol. The molecule has 0 radical (unpaired) electrons. The lowest BCUT2D eigenvalue weighted by Gasteiger charge is -2.13. The third-order valence-electron chi connectivity index (χ3n) is 4.80. The highest BCUT2D eigenvalue weighted by Crippen LogP contribution is 2.32. The van der Waals surface area contributed by atoms with Gasteiger partial charge in [-0.1, -0.05) is 38.1 Å².